The summed E-state index contributed by atoms with van der Waals surface area (Å²) in [5, 5.41) is 23.9. The van der Waals surface area contributed by atoms with Crippen molar-refractivity contribution < 1.29 is 14.6 Å². The van der Waals surface area contributed by atoms with E-state index in [-0.39, 0.29) is 16.7 Å². The fourth-order valence-electron chi connectivity index (χ4n) is 5.06. The Morgan fingerprint density at radius 1 is 0.919 bits per heavy atom. The largest absolute Gasteiger partial charge is 0.503 e. The van der Waals surface area contributed by atoms with Crippen molar-refractivity contribution in [3.8, 4) is 39.7 Å². The lowest BCUT2D eigenvalue weighted by Gasteiger charge is -2.12. The van der Waals surface area contributed by atoms with Crippen molar-refractivity contribution >= 4 is 32.9 Å². The number of aromatic nitrogens is 4. The maximum atomic E-state index is 13.9. The van der Waals surface area contributed by atoms with Crippen molar-refractivity contribution in [3.05, 3.63) is 95.2 Å². The van der Waals surface area contributed by atoms with Crippen LogP contribution in [0.15, 0.2) is 88.7 Å². The zero-order valence-corrected chi connectivity index (χ0v) is 19.6. The van der Waals surface area contributed by atoms with Crippen molar-refractivity contribution in [2.24, 2.45) is 0 Å². The molecule has 4 N–H and O–H groups in total. The number of hydrogen-bond acceptors (Lipinski definition) is 5. The number of benzene rings is 3. The minimum Gasteiger partial charge on any atom is -0.503 e. The maximum absolute atomic E-state index is 13.9. The van der Waals surface area contributed by atoms with Crippen molar-refractivity contribution in [1.29, 1.82) is 0 Å². The van der Waals surface area contributed by atoms with Gasteiger partial charge in [0.25, 0.3) is 0 Å². The highest BCUT2D eigenvalue weighted by molar-refractivity contribution is 6.03. The number of rotatable bonds is 3. The van der Waals surface area contributed by atoms with Gasteiger partial charge in [-0.2, -0.15) is 0 Å². The van der Waals surface area contributed by atoms with Crippen LogP contribution in [0.5, 0.6) is 11.6 Å². The van der Waals surface area contributed by atoms with Crippen LogP contribution in [0.1, 0.15) is 5.56 Å². The minimum atomic E-state index is -0.391. The molecule has 0 bridgehead atoms. The third-order valence-corrected chi connectivity index (χ3v) is 6.82. The Hall–Kier alpha value is -5.24. The first-order valence-electron chi connectivity index (χ1n) is 11.7. The van der Waals surface area contributed by atoms with E-state index >= 15 is 0 Å². The van der Waals surface area contributed by atoms with Gasteiger partial charge >= 0.3 is 0 Å². The predicted molar refractivity (Wildman–Crippen MR) is 142 cm³/mol. The van der Waals surface area contributed by atoms with Crippen LogP contribution in [0, 0.1) is 6.92 Å². The molecule has 0 saturated carbocycles. The molecule has 180 valence electrons. The topological polar surface area (TPSA) is 120 Å². The summed E-state index contributed by atoms with van der Waals surface area (Å²) in [6.45, 7) is 1.91. The van der Waals surface area contributed by atoms with E-state index in [0.717, 1.165) is 27.5 Å². The molecule has 0 aliphatic heterocycles. The first kappa shape index (κ1) is 21.1. The summed E-state index contributed by atoms with van der Waals surface area (Å²) in [5.74, 6) is -0.730. The monoisotopic (exact) mass is 488 g/mol. The summed E-state index contributed by atoms with van der Waals surface area (Å²) in [5.41, 5.74) is 5.47. The number of nitrogens with one attached hydrogen (secondary N) is 2. The molecule has 0 saturated heterocycles. The first-order valence-corrected chi connectivity index (χ1v) is 11.7. The smallest absolute Gasteiger partial charge is 0.240 e. The lowest BCUT2D eigenvalue weighted by atomic mass is 9.99. The van der Waals surface area contributed by atoms with E-state index in [1.807, 2.05) is 37.3 Å². The molecule has 0 spiro atoms. The molecule has 4 aromatic heterocycles. The van der Waals surface area contributed by atoms with E-state index in [2.05, 4.69) is 15.0 Å². The van der Waals surface area contributed by atoms with E-state index in [1.165, 1.54) is 10.8 Å². The van der Waals surface area contributed by atoms with E-state index in [0.29, 0.717) is 33.5 Å². The molecule has 0 aliphatic carbocycles. The van der Waals surface area contributed by atoms with Gasteiger partial charge in [-0.05, 0) is 43.3 Å². The summed E-state index contributed by atoms with van der Waals surface area (Å²) in [6.07, 6.45) is 4.73. The quantitative estimate of drug-likeness (QED) is 0.243. The van der Waals surface area contributed by atoms with Gasteiger partial charge in [0, 0.05) is 22.7 Å². The van der Waals surface area contributed by atoms with E-state index < -0.39 is 5.88 Å². The Kier molecular flexibility index (Phi) is 4.35. The summed E-state index contributed by atoms with van der Waals surface area (Å²) >= 11 is 0. The molecular formula is C29H20N4O4. The highest BCUT2D eigenvalue weighted by Gasteiger charge is 2.29. The Morgan fingerprint density at radius 2 is 1.78 bits per heavy atom. The number of hydrogen-bond donors (Lipinski definition) is 4. The second-order valence-corrected chi connectivity index (χ2v) is 9.06. The molecule has 0 amide bonds. The summed E-state index contributed by atoms with van der Waals surface area (Å²) in [7, 11) is 0. The van der Waals surface area contributed by atoms with Crippen LogP contribution in [-0.2, 0) is 0 Å². The molecule has 7 rings (SSSR count). The van der Waals surface area contributed by atoms with Crippen molar-refractivity contribution in [2.45, 2.75) is 6.92 Å². The highest BCUT2D eigenvalue weighted by atomic mass is 16.3. The highest BCUT2D eigenvalue weighted by Crippen LogP contribution is 2.49. The fraction of sp³-hybridized carbons (Fsp3) is 0.0345. The average molecular weight is 489 g/mol. The van der Waals surface area contributed by atoms with Crippen LogP contribution >= 0.6 is 0 Å². The molecule has 4 heterocycles. The normalized spacial score (nSPS) is 11.7. The van der Waals surface area contributed by atoms with Crippen LogP contribution < -0.4 is 5.43 Å². The van der Waals surface area contributed by atoms with Gasteiger partial charge in [-0.15, -0.1) is 0 Å². The standard InChI is InChI=1S/C29H20N4O4/c1-15-6-9-24-18(10-15)27(34)20(13-37-24)26-25(19-12-30-21-5-3-2-4-17(19)21)28(35)29(36)33(26)16-7-8-22-23(11-16)32-14-31-22/h2-14,30,35-36H,1H3,(H,31,32). The molecule has 8 nitrogen and oxygen atoms in total. The number of fused-ring (bicyclic) bond motifs is 3. The summed E-state index contributed by atoms with van der Waals surface area (Å²) < 4.78 is 7.36. The molecule has 7 aromatic rings. The number of imidazole rings is 1. The second-order valence-electron chi connectivity index (χ2n) is 9.06. The van der Waals surface area contributed by atoms with Crippen LogP contribution in [0.2, 0.25) is 0 Å². The van der Waals surface area contributed by atoms with Crippen molar-refractivity contribution in [3.63, 3.8) is 0 Å². The van der Waals surface area contributed by atoms with Crippen molar-refractivity contribution in [1.82, 2.24) is 19.5 Å². The number of aromatic amines is 2. The van der Waals surface area contributed by atoms with Crippen LogP contribution in [0.25, 0.3) is 61.0 Å². The zero-order chi connectivity index (χ0) is 25.3. The molecule has 8 heteroatoms. The molecule has 0 radical (unpaired) electrons. The van der Waals surface area contributed by atoms with Gasteiger partial charge < -0.3 is 24.6 Å². The number of aryl methyl sites for hydroxylation is 1. The van der Waals surface area contributed by atoms with Crippen LogP contribution in [0.4, 0.5) is 0 Å². The Labute approximate surface area is 209 Å². The molecule has 0 fully saturated rings. The second kappa shape index (κ2) is 7.63. The molecule has 0 atom stereocenters. The summed E-state index contributed by atoms with van der Waals surface area (Å²) in [6, 6.07) is 18.4. The predicted octanol–water partition coefficient (Wildman–Crippen LogP) is 5.99. The van der Waals surface area contributed by atoms with Crippen LogP contribution in [-0.4, -0.2) is 29.7 Å². The molecule has 37 heavy (non-hydrogen) atoms. The van der Waals surface area contributed by atoms with E-state index in [4.69, 9.17) is 4.42 Å². The number of para-hydroxylation sites is 1. The molecule has 3 aromatic carbocycles. The maximum Gasteiger partial charge on any atom is 0.240 e. The van der Waals surface area contributed by atoms with Gasteiger partial charge in [-0.1, -0.05) is 29.8 Å². The van der Waals surface area contributed by atoms with E-state index in [9.17, 15) is 15.0 Å². The average Bonchev–Trinajstić information content (AvgIpc) is 3.61. The van der Waals surface area contributed by atoms with E-state index in [1.54, 1.807) is 42.9 Å². The lowest BCUT2D eigenvalue weighted by Crippen LogP contribution is -2.09. The third-order valence-electron chi connectivity index (χ3n) is 6.82. The Balaban J connectivity index is 1.63. The number of nitrogens with zero attached hydrogens (tertiary/aromatic N) is 2. The molecular weight excluding hydrogens is 468 g/mol. The third kappa shape index (κ3) is 3.02. The number of aromatic hydroxyl groups is 2. The van der Waals surface area contributed by atoms with Gasteiger partial charge in [-0.25, -0.2) is 4.98 Å². The molecule has 0 aliphatic rings. The lowest BCUT2D eigenvalue weighted by molar-refractivity contribution is 0.388. The zero-order valence-electron chi connectivity index (χ0n) is 19.6. The first-order chi connectivity index (χ1) is 18.0. The van der Waals surface area contributed by atoms with Gasteiger partial charge in [0.15, 0.2) is 5.75 Å². The van der Waals surface area contributed by atoms with Gasteiger partial charge in [0.2, 0.25) is 11.3 Å². The Morgan fingerprint density at radius 3 is 2.68 bits per heavy atom. The van der Waals surface area contributed by atoms with Crippen molar-refractivity contribution in [2.75, 3.05) is 0 Å². The fourth-order valence-corrected chi connectivity index (χ4v) is 5.06. The minimum absolute atomic E-state index is 0.207. The molecule has 0 unspecified atom stereocenters. The van der Waals surface area contributed by atoms with Gasteiger partial charge in [-0.3, -0.25) is 9.36 Å². The van der Waals surface area contributed by atoms with Gasteiger partial charge in [0.1, 0.15) is 11.8 Å². The van der Waals surface area contributed by atoms with Gasteiger partial charge in [0.05, 0.1) is 45.3 Å². The SMILES string of the molecule is Cc1ccc2occ(-c3c(-c4c[nH]c5ccccc45)c(O)c(O)n3-c3ccc4nc[nH]c4c3)c(=O)c2c1. The Bertz CT molecular complexity index is 2060. The number of H-pyrrole nitrogens is 2. The van der Waals surface area contributed by atoms with Crippen LogP contribution in [0.3, 0.4) is 0 Å². The summed E-state index contributed by atoms with van der Waals surface area (Å²) in [4.78, 5) is 24.4.